The molecule has 1 N–H and O–H groups in total. The number of hydrogen-bond donors (Lipinski definition) is 1. The summed E-state index contributed by atoms with van der Waals surface area (Å²) >= 11 is 1.69. The summed E-state index contributed by atoms with van der Waals surface area (Å²) in [4.78, 5) is 14.3. The van der Waals surface area contributed by atoms with Crippen molar-refractivity contribution < 1.29 is 9.53 Å². The second-order valence-electron chi connectivity index (χ2n) is 8.40. The van der Waals surface area contributed by atoms with Gasteiger partial charge in [-0.2, -0.15) is 0 Å². The molecule has 1 amide bonds. The normalized spacial score (nSPS) is 17.0. The Labute approximate surface area is 182 Å². The molecule has 1 atom stereocenters. The molecule has 3 aromatic rings. The van der Waals surface area contributed by atoms with Crippen molar-refractivity contribution in [1.29, 1.82) is 0 Å². The number of nitrogens with one attached hydrogen (secondary N) is 1. The number of carbonyl (C=O) groups is 1. The third kappa shape index (κ3) is 4.71. The van der Waals surface area contributed by atoms with Gasteiger partial charge in [0.25, 0.3) is 5.91 Å². The van der Waals surface area contributed by atoms with Crippen molar-refractivity contribution in [3.05, 3.63) is 95.1 Å². The molecule has 0 radical (unpaired) electrons. The fourth-order valence-corrected chi connectivity index (χ4v) is 4.86. The van der Waals surface area contributed by atoms with Gasteiger partial charge >= 0.3 is 0 Å². The molecule has 3 nitrogen and oxygen atoms in total. The highest BCUT2D eigenvalue weighted by Crippen LogP contribution is 2.40. The average molecular weight is 418 g/mol. The number of amides is 1. The van der Waals surface area contributed by atoms with Crippen LogP contribution in [-0.4, -0.2) is 11.5 Å². The summed E-state index contributed by atoms with van der Waals surface area (Å²) in [5.41, 5.74) is 3.85. The van der Waals surface area contributed by atoms with E-state index in [0.717, 1.165) is 39.5 Å². The van der Waals surface area contributed by atoms with Crippen LogP contribution in [0.25, 0.3) is 0 Å². The Bertz CT molecular complexity index is 1050. The first-order valence-electron chi connectivity index (χ1n) is 10.3. The molecule has 0 aliphatic carbocycles. The van der Waals surface area contributed by atoms with Crippen LogP contribution in [0.1, 0.15) is 53.4 Å². The van der Waals surface area contributed by atoms with Crippen LogP contribution in [0.5, 0.6) is 5.75 Å². The van der Waals surface area contributed by atoms with Crippen molar-refractivity contribution in [2.24, 2.45) is 0 Å². The Morgan fingerprint density at radius 1 is 1.07 bits per heavy atom. The molecule has 0 saturated heterocycles. The maximum absolute atomic E-state index is 13.3. The van der Waals surface area contributed by atoms with Gasteiger partial charge in [0.05, 0.1) is 11.6 Å². The lowest BCUT2D eigenvalue weighted by Gasteiger charge is -2.38. The first-order chi connectivity index (χ1) is 14.4. The standard InChI is InChI=1S/C26H27NO2S/c1-18-13-14-23-21(15-18)22(16-26(2,3)29-23)27-25(28)20-11-7-8-12-24(20)30-17-19-9-5-4-6-10-19/h4-15,22H,16-17H2,1-3H3,(H,27,28). The van der Waals surface area contributed by atoms with Gasteiger partial charge in [-0.1, -0.05) is 60.2 Å². The number of rotatable bonds is 5. The van der Waals surface area contributed by atoms with Crippen LogP contribution in [0, 0.1) is 6.92 Å². The van der Waals surface area contributed by atoms with E-state index in [0.29, 0.717) is 0 Å². The van der Waals surface area contributed by atoms with Gasteiger partial charge in [0.15, 0.2) is 0 Å². The van der Waals surface area contributed by atoms with Crippen LogP contribution in [0.2, 0.25) is 0 Å². The van der Waals surface area contributed by atoms with E-state index in [-0.39, 0.29) is 17.6 Å². The van der Waals surface area contributed by atoms with Crippen molar-refractivity contribution in [1.82, 2.24) is 5.32 Å². The lowest BCUT2D eigenvalue weighted by molar-refractivity contribution is 0.0618. The van der Waals surface area contributed by atoms with Gasteiger partial charge in [-0.05, 0) is 44.5 Å². The Morgan fingerprint density at radius 3 is 2.60 bits per heavy atom. The number of hydrogen-bond acceptors (Lipinski definition) is 3. The molecule has 0 saturated carbocycles. The van der Waals surface area contributed by atoms with Crippen molar-refractivity contribution in [3.8, 4) is 5.75 Å². The number of ether oxygens (including phenoxy) is 1. The summed E-state index contributed by atoms with van der Waals surface area (Å²) in [5, 5.41) is 3.28. The molecule has 1 aliphatic rings. The first kappa shape index (κ1) is 20.5. The smallest absolute Gasteiger partial charge is 0.252 e. The lowest BCUT2D eigenvalue weighted by atomic mass is 9.88. The van der Waals surface area contributed by atoms with E-state index < -0.39 is 0 Å². The van der Waals surface area contributed by atoms with E-state index in [4.69, 9.17) is 4.74 Å². The minimum absolute atomic E-state index is 0.0404. The fraction of sp³-hybridized carbons (Fsp3) is 0.269. The maximum atomic E-state index is 13.3. The summed E-state index contributed by atoms with van der Waals surface area (Å²) < 4.78 is 6.15. The molecule has 0 bridgehead atoms. The molecule has 4 rings (SSSR count). The summed E-state index contributed by atoms with van der Waals surface area (Å²) in [6.07, 6.45) is 0.731. The molecule has 0 spiro atoms. The second-order valence-corrected chi connectivity index (χ2v) is 9.42. The van der Waals surface area contributed by atoms with Crippen LogP contribution < -0.4 is 10.1 Å². The highest BCUT2D eigenvalue weighted by molar-refractivity contribution is 7.98. The minimum Gasteiger partial charge on any atom is -0.487 e. The van der Waals surface area contributed by atoms with Gasteiger partial charge in [0, 0.05) is 22.6 Å². The average Bonchev–Trinajstić information content (AvgIpc) is 2.73. The molecule has 30 heavy (non-hydrogen) atoms. The van der Waals surface area contributed by atoms with Gasteiger partial charge in [-0.3, -0.25) is 4.79 Å². The van der Waals surface area contributed by atoms with Gasteiger partial charge in [0.1, 0.15) is 11.4 Å². The number of fused-ring (bicyclic) bond motifs is 1. The van der Waals surface area contributed by atoms with Gasteiger partial charge < -0.3 is 10.1 Å². The largest absolute Gasteiger partial charge is 0.487 e. The molecule has 1 unspecified atom stereocenters. The molecule has 0 aromatic heterocycles. The Hall–Kier alpha value is -2.72. The summed E-state index contributed by atoms with van der Waals surface area (Å²) in [7, 11) is 0. The zero-order chi connectivity index (χ0) is 21.1. The van der Waals surface area contributed by atoms with Gasteiger partial charge in [-0.25, -0.2) is 0 Å². The zero-order valence-corrected chi connectivity index (χ0v) is 18.5. The van der Waals surface area contributed by atoms with E-state index >= 15 is 0 Å². The Balaban J connectivity index is 1.55. The van der Waals surface area contributed by atoms with Crippen LogP contribution in [0.15, 0.2) is 77.7 Å². The lowest BCUT2D eigenvalue weighted by Crippen LogP contribution is -2.41. The monoisotopic (exact) mass is 417 g/mol. The van der Waals surface area contributed by atoms with Crippen molar-refractivity contribution in [2.75, 3.05) is 0 Å². The SMILES string of the molecule is Cc1ccc2c(c1)C(NC(=O)c1ccccc1SCc1ccccc1)CC(C)(C)O2. The van der Waals surface area contributed by atoms with Crippen molar-refractivity contribution >= 4 is 17.7 Å². The van der Waals surface area contributed by atoms with Gasteiger partial charge in [-0.15, -0.1) is 11.8 Å². The molecule has 0 fully saturated rings. The van der Waals surface area contributed by atoms with Gasteiger partial charge in [0.2, 0.25) is 0 Å². The van der Waals surface area contributed by atoms with E-state index in [2.05, 4.69) is 50.4 Å². The molecule has 1 heterocycles. The fourth-order valence-electron chi connectivity index (χ4n) is 3.85. The van der Waals surface area contributed by atoms with Crippen LogP contribution in [0.3, 0.4) is 0 Å². The van der Waals surface area contributed by atoms with E-state index in [9.17, 15) is 4.79 Å². The Morgan fingerprint density at radius 2 is 1.80 bits per heavy atom. The zero-order valence-electron chi connectivity index (χ0n) is 17.6. The van der Waals surface area contributed by atoms with Crippen LogP contribution in [-0.2, 0) is 5.75 Å². The molecule has 4 heteroatoms. The van der Waals surface area contributed by atoms with E-state index in [1.165, 1.54) is 5.56 Å². The summed E-state index contributed by atoms with van der Waals surface area (Å²) in [5.74, 6) is 1.65. The van der Waals surface area contributed by atoms with Crippen molar-refractivity contribution in [3.63, 3.8) is 0 Å². The predicted octanol–water partition coefficient (Wildman–Crippen LogP) is 6.32. The summed E-state index contributed by atoms with van der Waals surface area (Å²) in [6, 6.07) is 24.3. The predicted molar refractivity (Wildman–Crippen MR) is 123 cm³/mol. The molecule has 1 aliphatic heterocycles. The quantitative estimate of drug-likeness (QED) is 0.494. The van der Waals surface area contributed by atoms with E-state index in [1.54, 1.807) is 11.8 Å². The number of thioether (sulfide) groups is 1. The van der Waals surface area contributed by atoms with Crippen molar-refractivity contribution in [2.45, 2.75) is 49.5 Å². The molecule has 154 valence electrons. The number of carbonyl (C=O) groups excluding carboxylic acids is 1. The topological polar surface area (TPSA) is 38.3 Å². The first-order valence-corrected chi connectivity index (χ1v) is 11.3. The second kappa shape index (κ2) is 8.57. The van der Waals surface area contributed by atoms with E-state index in [1.807, 2.05) is 48.5 Å². The Kier molecular flexibility index (Phi) is 5.87. The molecular weight excluding hydrogens is 390 g/mol. The van der Waals surface area contributed by atoms with Crippen LogP contribution >= 0.6 is 11.8 Å². The maximum Gasteiger partial charge on any atom is 0.252 e. The molecular formula is C26H27NO2S. The summed E-state index contributed by atoms with van der Waals surface area (Å²) in [6.45, 7) is 6.20. The van der Waals surface area contributed by atoms with Crippen LogP contribution in [0.4, 0.5) is 0 Å². The third-order valence-corrected chi connectivity index (χ3v) is 6.44. The number of aryl methyl sites for hydroxylation is 1. The minimum atomic E-state index is -0.332. The third-order valence-electron chi connectivity index (χ3n) is 5.30. The number of benzene rings is 3. The highest BCUT2D eigenvalue weighted by Gasteiger charge is 2.34. The molecule has 3 aromatic carbocycles. The highest BCUT2D eigenvalue weighted by atomic mass is 32.2.